The van der Waals surface area contributed by atoms with Gasteiger partial charge in [0, 0.05) is 38.2 Å². The number of likely N-dealkylation sites (tertiary alicyclic amines) is 1. The van der Waals surface area contributed by atoms with Crippen molar-refractivity contribution in [2.75, 3.05) is 20.1 Å². The number of carbonyl (C=O) groups is 3. The molecule has 1 saturated carbocycles. The summed E-state index contributed by atoms with van der Waals surface area (Å²) in [5, 5.41) is 4.53. The number of amides is 3. The lowest BCUT2D eigenvalue weighted by Gasteiger charge is -2.28. The van der Waals surface area contributed by atoms with Crippen LogP contribution < -0.4 is 5.32 Å². The first-order valence-electron chi connectivity index (χ1n) is 11.4. The first-order chi connectivity index (χ1) is 16.4. The molecule has 1 atom stereocenters. The van der Waals surface area contributed by atoms with E-state index in [-0.39, 0.29) is 29.7 Å². The lowest BCUT2D eigenvalue weighted by Crippen LogP contribution is -2.49. The van der Waals surface area contributed by atoms with Gasteiger partial charge in [0.15, 0.2) is 0 Å². The predicted molar refractivity (Wildman–Crippen MR) is 128 cm³/mol. The van der Waals surface area contributed by atoms with E-state index in [9.17, 15) is 14.4 Å². The summed E-state index contributed by atoms with van der Waals surface area (Å²) < 4.78 is 1.92. The fourth-order valence-electron chi connectivity index (χ4n) is 4.62. The molecule has 3 amide bonds. The molecule has 3 aromatic rings. The number of benzene rings is 1. The van der Waals surface area contributed by atoms with Gasteiger partial charge in [-0.2, -0.15) is 0 Å². The molecule has 5 rings (SSSR count). The van der Waals surface area contributed by atoms with Crippen molar-refractivity contribution in [2.24, 2.45) is 5.41 Å². The van der Waals surface area contributed by atoms with Crippen molar-refractivity contribution in [3.63, 3.8) is 0 Å². The summed E-state index contributed by atoms with van der Waals surface area (Å²) in [5.74, 6) is -0.520. The second-order valence-electron chi connectivity index (χ2n) is 9.23. The standard InChI is InChI=1S/C25H27N5O3S/c1-28(15-18-4-6-19(7-5-18)29-11-10-26-17-29)24(33)20-13-25(8-9-25)16-30(20)22(31)14-27-23(32)21-3-2-12-34-21/h2-7,10-12,17,20H,8-9,13-16H2,1H3,(H,27,32)/t20-/m1/s1. The van der Waals surface area contributed by atoms with Crippen LogP contribution in [0.25, 0.3) is 5.69 Å². The van der Waals surface area contributed by atoms with Crippen LogP contribution in [0.3, 0.4) is 0 Å². The maximum Gasteiger partial charge on any atom is 0.261 e. The van der Waals surface area contributed by atoms with Gasteiger partial charge in [-0.05, 0) is 53.8 Å². The van der Waals surface area contributed by atoms with Gasteiger partial charge in [-0.15, -0.1) is 11.3 Å². The maximum atomic E-state index is 13.4. The van der Waals surface area contributed by atoms with Gasteiger partial charge < -0.3 is 19.7 Å². The number of hydrogen-bond acceptors (Lipinski definition) is 5. The minimum Gasteiger partial charge on any atom is -0.342 e. The van der Waals surface area contributed by atoms with Gasteiger partial charge in [0.1, 0.15) is 6.04 Å². The Kier molecular flexibility index (Phi) is 5.95. The summed E-state index contributed by atoms with van der Waals surface area (Å²) in [6.07, 6.45) is 8.14. The number of nitrogens with one attached hydrogen (secondary N) is 1. The monoisotopic (exact) mass is 477 g/mol. The molecule has 0 radical (unpaired) electrons. The topological polar surface area (TPSA) is 87.5 Å². The minimum atomic E-state index is -0.483. The van der Waals surface area contributed by atoms with Crippen molar-refractivity contribution in [1.82, 2.24) is 24.7 Å². The minimum absolute atomic E-state index is 0.0552. The van der Waals surface area contributed by atoms with Crippen LogP contribution in [0.1, 0.15) is 34.5 Å². The largest absolute Gasteiger partial charge is 0.342 e. The molecule has 2 aliphatic rings. The first-order valence-corrected chi connectivity index (χ1v) is 12.3. The van der Waals surface area contributed by atoms with Gasteiger partial charge in [0.25, 0.3) is 5.91 Å². The van der Waals surface area contributed by atoms with E-state index >= 15 is 0 Å². The van der Waals surface area contributed by atoms with E-state index in [4.69, 9.17) is 0 Å². The van der Waals surface area contributed by atoms with Crippen molar-refractivity contribution in [2.45, 2.75) is 31.8 Å². The molecular formula is C25H27N5O3S. The number of carbonyl (C=O) groups excluding carboxylic acids is 3. The Hall–Kier alpha value is -3.46. The zero-order valence-corrected chi connectivity index (χ0v) is 19.8. The van der Waals surface area contributed by atoms with Gasteiger partial charge >= 0.3 is 0 Å². The van der Waals surface area contributed by atoms with Gasteiger partial charge in [0.2, 0.25) is 11.8 Å². The highest BCUT2D eigenvalue weighted by atomic mass is 32.1. The zero-order valence-electron chi connectivity index (χ0n) is 19.0. The van der Waals surface area contributed by atoms with Gasteiger partial charge in [-0.1, -0.05) is 18.2 Å². The quantitative estimate of drug-likeness (QED) is 0.567. The van der Waals surface area contributed by atoms with Crippen LogP contribution in [0.2, 0.25) is 0 Å². The lowest BCUT2D eigenvalue weighted by molar-refractivity contribution is -0.142. The molecular weight excluding hydrogens is 450 g/mol. The van der Waals surface area contributed by atoms with Crippen molar-refractivity contribution >= 4 is 29.1 Å². The summed E-state index contributed by atoms with van der Waals surface area (Å²) in [6, 6.07) is 11.0. The van der Waals surface area contributed by atoms with Crippen molar-refractivity contribution in [3.8, 4) is 5.69 Å². The van der Waals surface area contributed by atoms with E-state index < -0.39 is 6.04 Å². The Balaban J connectivity index is 1.22. The Morgan fingerprint density at radius 3 is 2.65 bits per heavy atom. The van der Waals surface area contributed by atoms with Crippen LogP contribution in [-0.2, 0) is 16.1 Å². The molecule has 1 saturated heterocycles. The fraction of sp³-hybridized carbons (Fsp3) is 0.360. The smallest absolute Gasteiger partial charge is 0.261 e. The van der Waals surface area contributed by atoms with Crippen LogP contribution in [0.5, 0.6) is 0 Å². The molecule has 1 aliphatic carbocycles. The second kappa shape index (κ2) is 9.06. The number of nitrogens with zero attached hydrogens (tertiary/aromatic N) is 4. The zero-order chi connectivity index (χ0) is 23.7. The summed E-state index contributed by atoms with van der Waals surface area (Å²) in [4.78, 5) is 46.7. The number of thiophene rings is 1. The van der Waals surface area contributed by atoms with Crippen molar-refractivity contribution in [1.29, 1.82) is 0 Å². The highest BCUT2D eigenvalue weighted by Crippen LogP contribution is 2.55. The van der Waals surface area contributed by atoms with E-state index in [2.05, 4.69) is 10.3 Å². The summed E-state index contributed by atoms with van der Waals surface area (Å²) in [5.41, 5.74) is 2.09. The summed E-state index contributed by atoms with van der Waals surface area (Å²) in [7, 11) is 1.78. The van der Waals surface area contributed by atoms with Gasteiger partial charge in [-0.25, -0.2) is 4.98 Å². The molecule has 1 spiro atoms. The Morgan fingerprint density at radius 2 is 2.00 bits per heavy atom. The molecule has 1 aliphatic heterocycles. The highest BCUT2D eigenvalue weighted by Gasteiger charge is 2.55. The SMILES string of the molecule is CN(Cc1ccc(-n2ccnc2)cc1)C(=O)[C@H]1CC2(CC2)CN1C(=O)CNC(=O)c1cccs1. The average molecular weight is 478 g/mol. The van der Waals surface area contributed by atoms with Crippen LogP contribution in [0.15, 0.2) is 60.5 Å². The molecule has 1 N–H and O–H groups in total. The van der Waals surface area contributed by atoms with Crippen LogP contribution in [-0.4, -0.2) is 63.3 Å². The first kappa shape index (κ1) is 22.3. The number of likely N-dealkylation sites (N-methyl/N-ethyl adjacent to an activating group) is 1. The molecule has 2 fully saturated rings. The molecule has 2 aromatic heterocycles. The molecule has 176 valence electrons. The molecule has 1 aromatic carbocycles. The lowest BCUT2D eigenvalue weighted by atomic mass is 10.0. The number of hydrogen-bond donors (Lipinski definition) is 1. The fourth-order valence-corrected chi connectivity index (χ4v) is 5.26. The molecule has 8 nitrogen and oxygen atoms in total. The van der Waals surface area contributed by atoms with Crippen molar-refractivity contribution < 1.29 is 14.4 Å². The van der Waals surface area contributed by atoms with E-state index in [1.165, 1.54) is 11.3 Å². The van der Waals surface area contributed by atoms with Gasteiger partial charge in [0.05, 0.1) is 17.7 Å². The predicted octanol–water partition coefficient (Wildman–Crippen LogP) is 2.70. The molecule has 9 heteroatoms. The third-order valence-electron chi connectivity index (χ3n) is 6.75. The van der Waals surface area contributed by atoms with Crippen LogP contribution >= 0.6 is 11.3 Å². The summed E-state index contributed by atoms with van der Waals surface area (Å²) in [6.45, 7) is 0.949. The Labute approximate surface area is 202 Å². The Bertz CT molecular complexity index is 1170. The molecule has 34 heavy (non-hydrogen) atoms. The van der Waals surface area contributed by atoms with Crippen LogP contribution in [0, 0.1) is 5.41 Å². The number of aromatic nitrogens is 2. The third-order valence-corrected chi connectivity index (χ3v) is 7.62. The van der Waals surface area contributed by atoms with E-state index in [0.717, 1.165) is 24.1 Å². The normalized spacial score (nSPS) is 18.1. The van der Waals surface area contributed by atoms with E-state index in [0.29, 0.717) is 24.4 Å². The van der Waals surface area contributed by atoms with E-state index in [1.807, 2.05) is 40.4 Å². The molecule has 0 unspecified atom stereocenters. The van der Waals surface area contributed by atoms with Gasteiger partial charge in [-0.3, -0.25) is 14.4 Å². The van der Waals surface area contributed by atoms with Crippen molar-refractivity contribution in [3.05, 3.63) is 70.9 Å². The molecule has 0 bridgehead atoms. The second-order valence-corrected chi connectivity index (χ2v) is 10.2. The number of imidazole rings is 1. The Morgan fingerprint density at radius 1 is 1.21 bits per heavy atom. The third kappa shape index (κ3) is 4.61. The molecule has 3 heterocycles. The number of rotatable bonds is 7. The van der Waals surface area contributed by atoms with Crippen LogP contribution in [0.4, 0.5) is 0 Å². The van der Waals surface area contributed by atoms with E-state index in [1.54, 1.807) is 41.5 Å². The average Bonchev–Trinajstić information content (AvgIpc) is 3.30. The highest BCUT2D eigenvalue weighted by molar-refractivity contribution is 7.12. The maximum absolute atomic E-state index is 13.4. The summed E-state index contributed by atoms with van der Waals surface area (Å²) >= 11 is 1.33.